The van der Waals surface area contributed by atoms with Crippen molar-refractivity contribution < 1.29 is 9.47 Å². The van der Waals surface area contributed by atoms with E-state index in [2.05, 4.69) is 6.92 Å². The third-order valence-electron chi connectivity index (χ3n) is 2.40. The van der Waals surface area contributed by atoms with Crippen LogP contribution in [0.3, 0.4) is 0 Å². The average molecular weight is 255 g/mol. The summed E-state index contributed by atoms with van der Waals surface area (Å²) in [6, 6.07) is 5.74. The fraction of sp³-hybridized carbons (Fsp3) is 0.538. The molecule has 1 aromatic carbocycles. The Morgan fingerprint density at radius 1 is 1.41 bits per heavy atom. The van der Waals surface area contributed by atoms with Crippen molar-refractivity contribution in [1.29, 1.82) is 0 Å². The van der Waals surface area contributed by atoms with Crippen molar-refractivity contribution >= 4 is 11.8 Å². The summed E-state index contributed by atoms with van der Waals surface area (Å²) in [5.74, 6) is 3.73. The van der Waals surface area contributed by atoms with Crippen molar-refractivity contribution in [3.05, 3.63) is 23.8 Å². The first-order valence-electron chi connectivity index (χ1n) is 5.83. The van der Waals surface area contributed by atoms with Gasteiger partial charge in [-0.1, -0.05) is 13.0 Å². The minimum absolute atomic E-state index is 0.0327. The van der Waals surface area contributed by atoms with Crippen molar-refractivity contribution in [2.75, 3.05) is 25.2 Å². The average Bonchev–Trinajstić information content (AvgIpc) is 2.34. The molecule has 0 heterocycles. The second-order valence-electron chi connectivity index (χ2n) is 3.74. The number of benzene rings is 1. The number of thioether (sulfide) groups is 1. The monoisotopic (exact) mass is 255 g/mol. The first kappa shape index (κ1) is 14.2. The van der Waals surface area contributed by atoms with E-state index < -0.39 is 0 Å². The molecule has 0 fully saturated rings. The highest BCUT2D eigenvalue weighted by Gasteiger charge is 2.09. The molecule has 0 aliphatic heterocycles. The molecule has 0 radical (unpaired) electrons. The quantitative estimate of drug-likeness (QED) is 0.761. The highest BCUT2D eigenvalue weighted by atomic mass is 32.2. The highest BCUT2D eigenvalue weighted by Crippen LogP contribution is 2.28. The first-order valence-corrected chi connectivity index (χ1v) is 6.98. The minimum Gasteiger partial charge on any atom is -0.497 e. The van der Waals surface area contributed by atoms with E-state index in [1.807, 2.05) is 36.9 Å². The number of hydrogen-bond acceptors (Lipinski definition) is 4. The Kier molecular flexibility index (Phi) is 6.22. The molecule has 0 spiro atoms. The highest BCUT2D eigenvalue weighted by molar-refractivity contribution is 7.99. The predicted molar refractivity (Wildman–Crippen MR) is 74.1 cm³/mol. The van der Waals surface area contributed by atoms with Gasteiger partial charge in [-0.15, -0.1) is 0 Å². The zero-order chi connectivity index (χ0) is 12.7. The molecule has 1 unspecified atom stereocenters. The summed E-state index contributed by atoms with van der Waals surface area (Å²) < 4.78 is 11.0. The van der Waals surface area contributed by atoms with Gasteiger partial charge in [0.2, 0.25) is 0 Å². The predicted octanol–water partition coefficient (Wildman–Crippen LogP) is 2.85. The number of methoxy groups -OCH3 is 1. The molecule has 2 N–H and O–H groups in total. The lowest BCUT2D eigenvalue weighted by atomic mass is 10.1. The fourth-order valence-electron chi connectivity index (χ4n) is 1.50. The molecule has 17 heavy (non-hydrogen) atoms. The molecule has 0 bridgehead atoms. The Balaban J connectivity index is 2.71. The van der Waals surface area contributed by atoms with Gasteiger partial charge in [-0.2, -0.15) is 11.8 Å². The molecule has 0 amide bonds. The van der Waals surface area contributed by atoms with Crippen LogP contribution in [0.25, 0.3) is 0 Å². The molecule has 1 aromatic rings. The number of hydrogen-bond donors (Lipinski definition) is 1. The minimum atomic E-state index is -0.0327. The Morgan fingerprint density at radius 2 is 2.18 bits per heavy atom. The number of rotatable bonds is 7. The Labute approximate surface area is 108 Å². The van der Waals surface area contributed by atoms with E-state index in [4.69, 9.17) is 15.2 Å². The molecule has 3 nitrogen and oxygen atoms in total. The summed E-state index contributed by atoms with van der Waals surface area (Å²) in [7, 11) is 1.65. The third kappa shape index (κ3) is 4.48. The number of nitrogens with two attached hydrogens (primary N) is 1. The molecule has 0 saturated heterocycles. The van der Waals surface area contributed by atoms with Gasteiger partial charge in [0, 0.05) is 23.4 Å². The van der Waals surface area contributed by atoms with Gasteiger partial charge in [0.05, 0.1) is 13.7 Å². The standard InChI is InChI=1S/C13H21NO2S/c1-4-17-8-7-16-13-9-11(15-3)5-6-12(13)10(2)14/h5-6,9-10H,4,7-8,14H2,1-3H3. The summed E-state index contributed by atoms with van der Waals surface area (Å²) in [5.41, 5.74) is 6.93. The van der Waals surface area contributed by atoms with E-state index in [1.54, 1.807) is 7.11 Å². The molecule has 0 aliphatic rings. The van der Waals surface area contributed by atoms with Crippen LogP contribution in [-0.2, 0) is 0 Å². The zero-order valence-corrected chi connectivity index (χ0v) is 11.5. The summed E-state index contributed by atoms with van der Waals surface area (Å²) in [5, 5.41) is 0. The van der Waals surface area contributed by atoms with Gasteiger partial charge in [0.1, 0.15) is 11.5 Å². The normalized spacial score (nSPS) is 12.2. The van der Waals surface area contributed by atoms with Gasteiger partial charge in [0.15, 0.2) is 0 Å². The van der Waals surface area contributed by atoms with Gasteiger partial charge in [-0.25, -0.2) is 0 Å². The van der Waals surface area contributed by atoms with Crippen LogP contribution in [0.2, 0.25) is 0 Å². The third-order valence-corrected chi connectivity index (χ3v) is 3.26. The Hall–Kier alpha value is -0.870. The maximum absolute atomic E-state index is 5.91. The lowest BCUT2D eigenvalue weighted by Crippen LogP contribution is -2.09. The zero-order valence-electron chi connectivity index (χ0n) is 10.7. The van der Waals surface area contributed by atoms with Gasteiger partial charge in [-0.3, -0.25) is 0 Å². The van der Waals surface area contributed by atoms with Gasteiger partial charge in [0.25, 0.3) is 0 Å². The molecule has 1 atom stereocenters. The second kappa shape index (κ2) is 7.45. The largest absolute Gasteiger partial charge is 0.497 e. The maximum atomic E-state index is 5.91. The van der Waals surface area contributed by atoms with Crippen LogP contribution in [0.15, 0.2) is 18.2 Å². The van der Waals surface area contributed by atoms with Crippen molar-refractivity contribution in [2.45, 2.75) is 19.9 Å². The fourth-order valence-corrected chi connectivity index (χ4v) is 1.99. The molecule has 96 valence electrons. The van der Waals surface area contributed by atoms with Crippen LogP contribution in [0.4, 0.5) is 0 Å². The topological polar surface area (TPSA) is 44.5 Å². The Bertz CT molecular complexity index is 342. The first-order chi connectivity index (χ1) is 8.19. The lowest BCUT2D eigenvalue weighted by molar-refractivity contribution is 0.334. The summed E-state index contributed by atoms with van der Waals surface area (Å²) in [4.78, 5) is 0. The van der Waals surface area contributed by atoms with E-state index in [9.17, 15) is 0 Å². The van der Waals surface area contributed by atoms with Crippen molar-refractivity contribution in [3.63, 3.8) is 0 Å². The van der Waals surface area contributed by atoms with Crippen LogP contribution in [0.1, 0.15) is 25.5 Å². The Morgan fingerprint density at radius 3 is 2.76 bits per heavy atom. The van der Waals surface area contributed by atoms with Gasteiger partial charge in [-0.05, 0) is 18.7 Å². The van der Waals surface area contributed by atoms with Crippen LogP contribution >= 0.6 is 11.8 Å². The lowest BCUT2D eigenvalue weighted by Gasteiger charge is -2.15. The molecular formula is C13H21NO2S. The molecule has 4 heteroatoms. The van der Waals surface area contributed by atoms with Gasteiger partial charge >= 0.3 is 0 Å². The van der Waals surface area contributed by atoms with E-state index in [0.29, 0.717) is 6.61 Å². The summed E-state index contributed by atoms with van der Waals surface area (Å²) in [6.07, 6.45) is 0. The molecule has 1 rings (SSSR count). The molecule has 0 aromatic heterocycles. The molecular weight excluding hydrogens is 234 g/mol. The smallest absolute Gasteiger partial charge is 0.127 e. The van der Waals surface area contributed by atoms with Crippen molar-refractivity contribution in [3.8, 4) is 11.5 Å². The molecule has 0 saturated carbocycles. The van der Waals surface area contributed by atoms with Crippen LogP contribution in [0, 0.1) is 0 Å². The SMILES string of the molecule is CCSCCOc1cc(OC)ccc1C(C)N. The van der Waals surface area contributed by atoms with E-state index in [-0.39, 0.29) is 6.04 Å². The van der Waals surface area contributed by atoms with Crippen LogP contribution in [0.5, 0.6) is 11.5 Å². The van der Waals surface area contributed by atoms with E-state index in [0.717, 1.165) is 28.6 Å². The van der Waals surface area contributed by atoms with Crippen LogP contribution in [-0.4, -0.2) is 25.2 Å². The summed E-state index contributed by atoms with van der Waals surface area (Å²) >= 11 is 1.86. The van der Waals surface area contributed by atoms with E-state index in [1.165, 1.54) is 0 Å². The molecule has 0 aliphatic carbocycles. The van der Waals surface area contributed by atoms with E-state index >= 15 is 0 Å². The van der Waals surface area contributed by atoms with Gasteiger partial charge < -0.3 is 15.2 Å². The maximum Gasteiger partial charge on any atom is 0.127 e. The second-order valence-corrected chi connectivity index (χ2v) is 5.13. The van der Waals surface area contributed by atoms with Crippen LogP contribution < -0.4 is 15.2 Å². The number of ether oxygens (including phenoxy) is 2. The van der Waals surface area contributed by atoms with Crippen molar-refractivity contribution in [2.24, 2.45) is 5.73 Å². The van der Waals surface area contributed by atoms with Crippen molar-refractivity contribution in [1.82, 2.24) is 0 Å². The summed E-state index contributed by atoms with van der Waals surface area (Å²) in [6.45, 7) is 4.80.